The van der Waals surface area contributed by atoms with Gasteiger partial charge in [0.2, 0.25) is 0 Å². The van der Waals surface area contributed by atoms with Crippen LogP contribution < -0.4 is 0 Å². The zero-order valence-electron chi connectivity index (χ0n) is 11.1. The molecule has 3 aliphatic rings. The summed E-state index contributed by atoms with van der Waals surface area (Å²) in [6, 6.07) is 0. The summed E-state index contributed by atoms with van der Waals surface area (Å²) < 4.78 is 0. The Bertz CT molecular complexity index is 309. The number of fused-ring (bicyclic) bond motifs is 4. The van der Waals surface area contributed by atoms with Crippen LogP contribution in [-0.2, 0) is 0 Å². The lowest BCUT2D eigenvalue weighted by atomic mass is 9.49. The topological polar surface area (TPSA) is 20.2 Å². The molecule has 3 rings (SSSR count). The molecule has 3 aliphatic carbocycles. The van der Waals surface area contributed by atoms with Gasteiger partial charge in [0.15, 0.2) is 0 Å². The van der Waals surface area contributed by atoms with Gasteiger partial charge in [-0.3, -0.25) is 0 Å². The van der Waals surface area contributed by atoms with Crippen molar-refractivity contribution in [3.63, 3.8) is 0 Å². The predicted molar refractivity (Wildman–Crippen MR) is 66.1 cm³/mol. The maximum Gasteiger partial charge on any atom is 0.0684 e. The van der Waals surface area contributed by atoms with Crippen LogP contribution in [-0.4, -0.2) is 10.7 Å². The van der Waals surface area contributed by atoms with Crippen LogP contribution in [0.5, 0.6) is 0 Å². The highest BCUT2D eigenvalue weighted by Gasteiger charge is 2.59. The van der Waals surface area contributed by atoms with Crippen LogP contribution in [0.15, 0.2) is 0 Å². The molecule has 92 valence electrons. The number of hydrogen-bond acceptors (Lipinski definition) is 1. The van der Waals surface area contributed by atoms with Crippen LogP contribution in [0, 0.1) is 22.7 Å². The molecule has 0 amide bonds. The fourth-order valence-corrected chi connectivity index (χ4v) is 5.17. The Labute approximate surface area is 99.6 Å². The van der Waals surface area contributed by atoms with Crippen LogP contribution >= 0.6 is 0 Å². The maximum absolute atomic E-state index is 11.0. The minimum absolute atomic E-state index is 0.302. The van der Waals surface area contributed by atoms with Crippen molar-refractivity contribution in [1.82, 2.24) is 0 Å². The van der Waals surface area contributed by atoms with Crippen molar-refractivity contribution in [2.45, 2.75) is 71.3 Å². The maximum atomic E-state index is 11.0. The SMILES string of the molecule is CC1(C)C[C@@H]2[C@@H]1CC[C@]1(C)CCC[C@]2(O)C1. The molecule has 0 radical (unpaired) electrons. The first-order valence-corrected chi connectivity index (χ1v) is 7.07. The molecule has 1 N–H and O–H groups in total. The Hall–Kier alpha value is -0.0400. The molecule has 0 aromatic heterocycles. The van der Waals surface area contributed by atoms with E-state index in [-0.39, 0.29) is 5.60 Å². The van der Waals surface area contributed by atoms with Crippen LogP contribution in [0.1, 0.15) is 65.7 Å². The summed E-state index contributed by atoms with van der Waals surface area (Å²) in [4.78, 5) is 0. The van der Waals surface area contributed by atoms with Gasteiger partial charge in [-0.25, -0.2) is 0 Å². The van der Waals surface area contributed by atoms with E-state index in [0.29, 0.717) is 16.7 Å². The average molecular weight is 222 g/mol. The molecule has 1 heteroatoms. The second-order valence-electron chi connectivity index (χ2n) is 7.89. The van der Waals surface area contributed by atoms with E-state index in [1.165, 1.54) is 32.1 Å². The average Bonchev–Trinajstić information content (AvgIpc) is 2.19. The normalized spacial score (nSPS) is 54.8. The molecular weight excluding hydrogens is 196 g/mol. The van der Waals surface area contributed by atoms with E-state index in [2.05, 4.69) is 20.8 Å². The molecule has 0 aliphatic heterocycles. The minimum atomic E-state index is -0.302. The van der Waals surface area contributed by atoms with Crippen molar-refractivity contribution >= 4 is 0 Å². The predicted octanol–water partition coefficient (Wildman–Crippen LogP) is 3.75. The Morgan fingerprint density at radius 1 is 1.00 bits per heavy atom. The molecule has 0 spiro atoms. The third kappa shape index (κ3) is 1.40. The summed E-state index contributed by atoms with van der Waals surface area (Å²) in [6.07, 6.45) is 8.70. The van der Waals surface area contributed by atoms with Gasteiger partial charge in [0.1, 0.15) is 0 Å². The number of hydrogen-bond donors (Lipinski definition) is 1. The monoisotopic (exact) mass is 222 g/mol. The lowest BCUT2D eigenvalue weighted by molar-refractivity contribution is -0.161. The van der Waals surface area contributed by atoms with E-state index >= 15 is 0 Å². The lowest BCUT2D eigenvalue weighted by Crippen LogP contribution is -2.56. The summed E-state index contributed by atoms with van der Waals surface area (Å²) in [7, 11) is 0. The molecule has 3 fully saturated rings. The van der Waals surface area contributed by atoms with Gasteiger partial charge in [0.25, 0.3) is 0 Å². The molecule has 0 aromatic rings. The Morgan fingerprint density at radius 3 is 2.44 bits per heavy atom. The molecule has 16 heavy (non-hydrogen) atoms. The summed E-state index contributed by atoms with van der Waals surface area (Å²) >= 11 is 0. The number of aliphatic hydroxyl groups is 1. The Kier molecular flexibility index (Phi) is 2.11. The third-order valence-electron chi connectivity index (χ3n) is 6.11. The van der Waals surface area contributed by atoms with Crippen molar-refractivity contribution < 1.29 is 5.11 Å². The zero-order chi connectivity index (χ0) is 11.6. The van der Waals surface area contributed by atoms with Gasteiger partial charge in [0, 0.05) is 0 Å². The molecule has 0 heterocycles. The van der Waals surface area contributed by atoms with E-state index < -0.39 is 0 Å². The first kappa shape index (κ1) is 11.1. The van der Waals surface area contributed by atoms with Crippen LogP contribution in [0.4, 0.5) is 0 Å². The largest absolute Gasteiger partial charge is 0.390 e. The van der Waals surface area contributed by atoms with Gasteiger partial charge in [-0.1, -0.05) is 27.2 Å². The second kappa shape index (κ2) is 3.04. The Morgan fingerprint density at radius 2 is 1.75 bits per heavy atom. The van der Waals surface area contributed by atoms with Crippen LogP contribution in [0.25, 0.3) is 0 Å². The van der Waals surface area contributed by atoms with Gasteiger partial charge in [-0.15, -0.1) is 0 Å². The molecule has 0 saturated heterocycles. The van der Waals surface area contributed by atoms with Crippen LogP contribution in [0.3, 0.4) is 0 Å². The molecular formula is C15H26O. The highest BCUT2D eigenvalue weighted by Crippen LogP contribution is 2.64. The molecule has 0 aromatic carbocycles. The molecule has 1 nitrogen and oxygen atoms in total. The van der Waals surface area contributed by atoms with Crippen LogP contribution in [0.2, 0.25) is 0 Å². The third-order valence-corrected chi connectivity index (χ3v) is 6.11. The van der Waals surface area contributed by atoms with Crippen molar-refractivity contribution in [2.75, 3.05) is 0 Å². The van der Waals surface area contributed by atoms with Crippen molar-refractivity contribution in [2.24, 2.45) is 22.7 Å². The van der Waals surface area contributed by atoms with Gasteiger partial charge < -0.3 is 5.11 Å². The van der Waals surface area contributed by atoms with E-state index in [1.807, 2.05) is 0 Å². The fourth-order valence-electron chi connectivity index (χ4n) is 5.17. The Balaban J connectivity index is 1.92. The van der Waals surface area contributed by atoms with Crippen molar-refractivity contribution in [3.05, 3.63) is 0 Å². The molecule has 3 saturated carbocycles. The summed E-state index contributed by atoms with van der Waals surface area (Å²) in [5.74, 6) is 1.40. The van der Waals surface area contributed by atoms with Gasteiger partial charge >= 0.3 is 0 Å². The van der Waals surface area contributed by atoms with Crippen molar-refractivity contribution in [3.8, 4) is 0 Å². The smallest absolute Gasteiger partial charge is 0.0684 e. The fraction of sp³-hybridized carbons (Fsp3) is 1.00. The summed E-state index contributed by atoms with van der Waals surface area (Å²) in [5.41, 5.74) is 0.637. The second-order valence-corrected chi connectivity index (χ2v) is 7.89. The highest BCUT2D eigenvalue weighted by molar-refractivity contribution is 5.10. The quantitative estimate of drug-likeness (QED) is 0.662. The first-order chi connectivity index (χ1) is 7.35. The van der Waals surface area contributed by atoms with E-state index in [0.717, 1.165) is 18.8 Å². The molecule has 4 atom stereocenters. The minimum Gasteiger partial charge on any atom is -0.390 e. The lowest BCUT2D eigenvalue weighted by Gasteiger charge is -2.58. The van der Waals surface area contributed by atoms with Gasteiger partial charge in [0.05, 0.1) is 5.60 Å². The molecule has 0 unspecified atom stereocenters. The standard InChI is InChI=1S/C15H26O/c1-13(2)9-12-11(13)5-8-14(3)6-4-7-15(12,16)10-14/h11-12,16H,4-10H2,1-3H3/t11-,12+,14-,15-/m0/s1. The van der Waals surface area contributed by atoms with Gasteiger partial charge in [-0.2, -0.15) is 0 Å². The van der Waals surface area contributed by atoms with Gasteiger partial charge in [-0.05, 0) is 61.2 Å². The van der Waals surface area contributed by atoms with E-state index in [1.54, 1.807) is 0 Å². The first-order valence-electron chi connectivity index (χ1n) is 7.07. The van der Waals surface area contributed by atoms with Crippen molar-refractivity contribution in [1.29, 1.82) is 0 Å². The molecule has 2 bridgehead atoms. The van der Waals surface area contributed by atoms with E-state index in [4.69, 9.17) is 0 Å². The zero-order valence-corrected chi connectivity index (χ0v) is 11.1. The highest BCUT2D eigenvalue weighted by atomic mass is 16.3. The summed E-state index contributed by atoms with van der Waals surface area (Å²) in [5, 5.41) is 11.0. The van der Waals surface area contributed by atoms with E-state index in [9.17, 15) is 5.11 Å². The number of rotatable bonds is 0. The summed E-state index contributed by atoms with van der Waals surface area (Å²) in [6.45, 7) is 7.21.